The number of hydrogen-bond acceptors (Lipinski definition) is 11. The molecule has 0 aromatic heterocycles. The number of carbonyl (C=O) groups is 3. The molecule has 0 amide bonds. The van der Waals surface area contributed by atoms with Gasteiger partial charge >= 0.3 is 17.9 Å². The second-order valence-corrected chi connectivity index (χ2v) is 8.14. The lowest BCUT2D eigenvalue weighted by Crippen LogP contribution is -2.10. The maximum Gasteiger partial charge on any atom is 0.363 e. The SMILES string of the molecule is COc1cc(C2=NC(=Cc3ccccc3OC(=O)c3cc(OC)c(OC)c(OC)c3)C(=O)O2)ccc1OC(C)=O. The molecule has 1 aliphatic heterocycles. The maximum absolute atomic E-state index is 13.0. The van der Waals surface area contributed by atoms with Crippen molar-refractivity contribution in [3.63, 3.8) is 0 Å². The highest BCUT2D eigenvalue weighted by Crippen LogP contribution is 2.38. The molecule has 0 radical (unpaired) electrons. The number of carbonyl (C=O) groups excluding carboxylic acids is 3. The average molecular weight is 548 g/mol. The van der Waals surface area contributed by atoms with E-state index < -0.39 is 17.9 Å². The number of aliphatic imine (C=N–C) groups is 1. The van der Waals surface area contributed by atoms with Crippen molar-refractivity contribution in [2.75, 3.05) is 28.4 Å². The molecule has 0 fully saturated rings. The van der Waals surface area contributed by atoms with Crippen molar-refractivity contribution >= 4 is 29.9 Å². The quantitative estimate of drug-likeness (QED) is 0.218. The predicted molar refractivity (Wildman–Crippen MR) is 142 cm³/mol. The fourth-order valence-corrected chi connectivity index (χ4v) is 3.77. The minimum atomic E-state index is -0.705. The first-order valence-corrected chi connectivity index (χ1v) is 11.8. The third-order valence-corrected chi connectivity index (χ3v) is 5.60. The number of esters is 3. The van der Waals surface area contributed by atoms with Crippen molar-refractivity contribution in [2.24, 2.45) is 4.99 Å². The zero-order chi connectivity index (χ0) is 28.8. The summed E-state index contributed by atoms with van der Waals surface area (Å²) in [5.74, 6) is -0.325. The van der Waals surface area contributed by atoms with E-state index in [4.69, 9.17) is 33.2 Å². The highest BCUT2D eigenvalue weighted by atomic mass is 16.6. The molecule has 0 atom stereocenters. The second kappa shape index (κ2) is 12.0. The maximum atomic E-state index is 13.0. The molecule has 4 rings (SSSR count). The van der Waals surface area contributed by atoms with E-state index in [-0.39, 0.29) is 45.9 Å². The minimum Gasteiger partial charge on any atom is -0.493 e. The van der Waals surface area contributed by atoms with E-state index in [9.17, 15) is 14.4 Å². The molecule has 0 bridgehead atoms. The Hall–Kier alpha value is -5.32. The molecule has 3 aromatic carbocycles. The van der Waals surface area contributed by atoms with Gasteiger partial charge in [0.1, 0.15) is 5.75 Å². The van der Waals surface area contributed by atoms with E-state index in [1.807, 2.05) is 0 Å². The number of cyclic esters (lactones) is 1. The van der Waals surface area contributed by atoms with Crippen LogP contribution in [0.3, 0.4) is 0 Å². The molecule has 0 saturated carbocycles. The van der Waals surface area contributed by atoms with Gasteiger partial charge in [0, 0.05) is 18.1 Å². The Bertz CT molecular complexity index is 1510. The van der Waals surface area contributed by atoms with Gasteiger partial charge in [-0.1, -0.05) is 18.2 Å². The first-order valence-electron chi connectivity index (χ1n) is 11.8. The van der Waals surface area contributed by atoms with Gasteiger partial charge in [0.25, 0.3) is 0 Å². The third-order valence-electron chi connectivity index (χ3n) is 5.60. The highest BCUT2D eigenvalue weighted by Gasteiger charge is 2.26. The molecule has 0 saturated heterocycles. The van der Waals surface area contributed by atoms with E-state index in [0.717, 1.165) is 0 Å². The molecule has 40 heavy (non-hydrogen) atoms. The molecule has 0 unspecified atom stereocenters. The highest BCUT2D eigenvalue weighted by molar-refractivity contribution is 6.13. The van der Waals surface area contributed by atoms with Crippen LogP contribution in [0.25, 0.3) is 6.08 Å². The smallest absolute Gasteiger partial charge is 0.363 e. The standard InChI is InChI=1S/C29H25NO10/c1-16(31)38-22-11-10-18(13-23(22)34-2)27-30-20(29(33)40-27)12-17-8-6-7-9-21(17)39-28(32)19-14-24(35-3)26(37-5)25(15-19)36-4/h6-15H,1-5H3. The fraction of sp³-hybridized carbons (Fsp3) is 0.172. The number of benzene rings is 3. The van der Waals surface area contributed by atoms with Crippen LogP contribution in [-0.2, 0) is 14.3 Å². The van der Waals surface area contributed by atoms with E-state index in [2.05, 4.69) is 4.99 Å². The molecule has 0 N–H and O–H groups in total. The molecule has 1 aliphatic rings. The number of methoxy groups -OCH3 is 4. The number of hydrogen-bond donors (Lipinski definition) is 0. The number of para-hydroxylation sites is 1. The summed E-state index contributed by atoms with van der Waals surface area (Å²) in [5, 5.41) is 0. The molecule has 0 spiro atoms. The normalized spacial score (nSPS) is 13.3. The molecule has 11 heteroatoms. The molecular weight excluding hydrogens is 522 g/mol. The molecule has 206 valence electrons. The van der Waals surface area contributed by atoms with Gasteiger partial charge in [-0.2, -0.15) is 0 Å². The summed E-state index contributed by atoms with van der Waals surface area (Å²) < 4.78 is 37.3. The largest absolute Gasteiger partial charge is 0.493 e. The monoisotopic (exact) mass is 547 g/mol. The summed E-state index contributed by atoms with van der Waals surface area (Å²) in [5.41, 5.74) is 0.965. The van der Waals surface area contributed by atoms with Gasteiger partial charge in [-0.3, -0.25) is 4.79 Å². The van der Waals surface area contributed by atoms with Crippen LogP contribution in [0.5, 0.6) is 34.5 Å². The Morgan fingerprint density at radius 1 is 0.775 bits per heavy atom. The molecule has 0 aliphatic carbocycles. The van der Waals surface area contributed by atoms with Crippen LogP contribution in [0.2, 0.25) is 0 Å². The molecular formula is C29H25NO10. The third kappa shape index (κ3) is 5.88. The van der Waals surface area contributed by atoms with E-state index in [1.54, 1.807) is 30.3 Å². The first kappa shape index (κ1) is 27.7. The zero-order valence-corrected chi connectivity index (χ0v) is 22.3. The Morgan fingerprint density at radius 2 is 1.45 bits per heavy atom. The van der Waals surface area contributed by atoms with E-state index in [0.29, 0.717) is 16.9 Å². The lowest BCUT2D eigenvalue weighted by Gasteiger charge is -2.14. The second-order valence-electron chi connectivity index (χ2n) is 8.14. The van der Waals surface area contributed by atoms with Crippen molar-refractivity contribution in [1.82, 2.24) is 0 Å². The van der Waals surface area contributed by atoms with Crippen molar-refractivity contribution in [3.05, 3.63) is 77.0 Å². The van der Waals surface area contributed by atoms with Gasteiger partial charge in [-0.05, 0) is 42.5 Å². The van der Waals surface area contributed by atoms with Crippen LogP contribution < -0.4 is 28.4 Å². The van der Waals surface area contributed by atoms with Gasteiger partial charge in [-0.25, -0.2) is 14.6 Å². The Morgan fingerprint density at radius 3 is 2.08 bits per heavy atom. The van der Waals surface area contributed by atoms with Gasteiger partial charge in [-0.15, -0.1) is 0 Å². The summed E-state index contributed by atoms with van der Waals surface area (Å²) in [4.78, 5) is 41.3. The Kier molecular flexibility index (Phi) is 8.33. The summed E-state index contributed by atoms with van der Waals surface area (Å²) >= 11 is 0. The number of rotatable bonds is 9. The predicted octanol–water partition coefficient (Wildman–Crippen LogP) is 4.21. The lowest BCUT2D eigenvalue weighted by molar-refractivity contribution is -0.132. The topological polar surface area (TPSA) is 128 Å². The van der Waals surface area contributed by atoms with Crippen LogP contribution in [0.4, 0.5) is 0 Å². The van der Waals surface area contributed by atoms with Crippen LogP contribution in [0, 0.1) is 0 Å². The van der Waals surface area contributed by atoms with Crippen LogP contribution in [-0.4, -0.2) is 52.2 Å². The minimum absolute atomic E-state index is 0.0192. The summed E-state index contributed by atoms with van der Waals surface area (Å²) in [6.45, 7) is 1.27. The molecule has 3 aromatic rings. The van der Waals surface area contributed by atoms with Crippen molar-refractivity contribution in [1.29, 1.82) is 0 Å². The average Bonchev–Trinajstić information content (AvgIpc) is 3.32. The Labute approximate surface area is 229 Å². The van der Waals surface area contributed by atoms with Crippen molar-refractivity contribution in [3.8, 4) is 34.5 Å². The van der Waals surface area contributed by atoms with Crippen molar-refractivity contribution < 1.29 is 47.5 Å². The number of nitrogens with zero attached hydrogens (tertiary/aromatic N) is 1. The van der Waals surface area contributed by atoms with Gasteiger partial charge < -0.3 is 33.2 Å². The van der Waals surface area contributed by atoms with Crippen LogP contribution in [0.15, 0.2) is 65.3 Å². The van der Waals surface area contributed by atoms with E-state index in [1.165, 1.54) is 65.7 Å². The van der Waals surface area contributed by atoms with E-state index >= 15 is 0 Å². The fourth-order valence-electron chi connectivity index (χ4n) is 3.77. The van der Waals surface area contributed by atoms with Crippen molar-refractivity contribution in [2.45, 2.75) is 6.92 Å². The first-order chi connectivity index (χ1) is 19.3. The molecule has 11 nitrogen and oxygen atoms in total. The summed E-state index contributed by atoms with van der Waals surface area (Å²) in [7, 11) is 5.75. The number of ether oxygens (including phenoxy) is 7. The molecule has 1 heterocycles. The van der Waals surface area contributed by atoms with Crippen LogP contribution >= 0.6 is 0 Å². The van der Waals surface area contributed by atoms with Gasteiger partial charge in [0.2, 0.25) is 11.6 Å². The lowest BCUT2D eigenvalue weighted by atomic mass is 10.1. The summed E-state index contributed by atoms with van der Waals surface area (Å²) in [6.07, 6.45) is 1.44. The van der Waals surface area contributed by atoms with Crippen LogP contribution in [0.1, 0.15) is 28.4 Å². The summed E-state index contributed by atoms with van der Waals surface area (Å²) in [6, 6.07) is 14.2. The Balaban J connectivity index is 1.62. The van der Waals surface area contributed by atoms with Gasteiger partial charge in [0.15, 0.2) is 28.7 Å². The zero-order valence-electron chi connectivity index (χ0n) is 22.3. The van der Waals surface area contributed by atoms with Gasteiger partial charge in [0.05, 0.1) is 34.0 Å².